The van der Waals surface area contributed by atoms with Gasteiger partial charge >= 0.3 is 12.1 Å². The number of halogens is 1. The van der Waals surface area contributed by atoms with Crippen LogP contribution in [0.3, 0.4) is 0 Å². The highest BCUT2D eigenvalue weighted by molar-refractivity contribution is 6.30. The molecule has 6 amide bonds. The molecule has 2 aromatic carbocycles. The number of hydrogen-bond acceptors (Lipinski definition) is 7. The molecule has 1 fully saturated rings. The normalized spacial score (nSPS) is 17.4. The van der Waals surface area contributed by atoms with Gasteiger partial charge in [0, 0.05) is 12.1 Å². The first-order valence-electron chi connectivity index (χ1n) is 11.6. The highest BCUT2D eigenvalue weighted by atomic mass is 35.5. The maximum absolute atomic E-state index is 12.9. The third kappa shape index (κ3) is 7.20. The van der Waals surface area contributed by atoms with Crippen LogP contribution in [-0.2, 0) is 30.5 Å². The summed E-state index contributed by atoms with van der Waals surface area (Å²) in [6.07, 6.45) is -2.48. The predicted octanol–water partition coefficient (Wildman–Crippen LogP) is 1.88. The van der Waals surface area contributed by atoms with Gasteiger partial charge in [-0.1, -0.05) is 54.1 Å². The van der Waals surface area contributed by atoms with Gasteiger partial charge in [0.2, 0.25) is 5.91 Å². The topological polar surface area (TPSA) is 164 Å². The fourth-order valence-corrected chi connectivity index (χ4v) is 3.64. The van der Waals surface area contributed by atoms with Crippen molar-refractivity contribution in [2.75, 3.05) is 7.05 Å². The number of epoxide rings is 1. The van der Waals surface area contributed by atoms with E-state index < -0.39 is 54.1 Å². The van der Waals surface area contributed by atoms with Crippen molar-refractivity contribution in [1.82, 2.24) is 20.7 Å². The fourth-order valence-electron chi connectivity index (χ4n) is 3.52. The van der Waals surface area contributed by atoms with Gasteiger partial charge in [0.05, 0.1) is 0 Å². The van der Waals surface area contributed by atoms with Crippen LogP contribution in [0.5, 0.6) is 0 Å². The van der Waals surface area contributed by atoms with Gasteiger partial charge in [0.15, 0.2) is 6.10 Å². The second-order valence-corrected chi connectivity index (χ2v) is 8.97. The maximum atomic E-state index is 12.9. The molecule has 12 nitrogen and oxygen atoms in total. The molecule has 0 aromatic heterocycles. The minimum absolute atomic E-state index is 0.0151. The second-order valence-electron chi connectivity index (χ2n) is 8.54. The summed E-state index contributed by atoms with van der Waals surface area (Å²) >= 11 is 5.87. The molecule has 0 unspecified atom stereocenters. The van der Waals surface area contributed by atoms with Gasteiger partial charge in [0.1, 0.15) is 24.8 Å². The molecule has 0 spiro atoms. The first-order chi connectivity index (χ1) is 18.0. The molecule has 1 aliphatic heterocycles. The van der Waals surface area contributed by atoms with Gasteiger partial charge in [0.25, 0.3) is 11.8 Å². The van der Waals surface area contributed by atoms with E-state index in [0.29, 0.717) is 20.6 Å². The number of hydrogen-bond donors (Lipinski definition) is 3. The molecule has 2 aromatic rings. The number of urea groups is 1. The first-order valence-corrected chi connectivity index (χ1v) is 12.0. The highest BCUT2D eigenvalue weighted by Crippen LogP contribution is 2.40. The Morgan fingerprint density at radius 3 is 2.24 bits per heavy atom. The van der Waals surface area contributed by atoms with E-state index in [9.17, 15) is 24.0 Å². The summed E-state index contributed by atoms with van der Waals surface area (Å²) in [5.74, 6) is -2.35. The van der Waals surface area contributed by atoms with E-state index in [1.807, 2.05) is 6.07 Å². The van der Waals surface area contributed by atoms with E-state index in [-0.39, 0.29) is 6.61 Å². The molecule has 0 saturated carbocycles. The van der Waals surface area contributed by atoms with Crippen molar-refractivity contribution >= 4 is 41.4 Å². The predicted molar refractivity (Wildman–Crippen MR) is 135 cm³/mol. The van der Waals surface area contributed by atoms with Crippen molar-refractivity contribution in [2.45, 2.75) is 44.7 Å². The molecule has 1 heterocycles. The lowest BCUT2D eigenvalue weighted by Gasteiger charge is -2.30. The molecule has 0 radical (unpaired) electrons. The molecule has 1 saturated heterocycles. The molecule has 0 bridgehead atoms. The van der Waals surface area contributed by atoms with Crippen LogP contribution in [0.25, 0.3) is 0 Å². The summed E-state index contributed by atoms with van der Waals surface area (Å²) in [5.41, 5.74) is 6.80. The molecular weight excluding hydrogens is 518 g/mol. The summed E-state index contributed by atoms with van der Waals surface area (Å²) in [5, 5.41) is 6.46. The number of amides is 6. The number of nitrogens with zero attached hydrogens (tertiary/aromatic N) is 2. The number of alkyl carbamates (subject to hydrolysis) is 1. The van der Waals surface area contributed by atoms with Gasteiger partial charge in [-0.2, -0.15) is 5.01 Å². The standard InChI is InChI=1S/C25H28ClN5O7/c1-14(29-25(36)37-13-16-7-5-4-6-8-16)21(32)28-15(2)22(33)30(3)31(24(27)35)23(34)20-19(38-20)17-9-11-18(26)12-10-17/h4-12,14-15,19-20H,13H2,1-3H3,(H2,27,35)(H,28,32)(H,29,36)/t14-,15-,19+,20-/m0/s1. The molecule has 1 aliphatic rings. The van der Waals surface area contributed by atoms with Crippen LogP contribution in [0.1, 0.15) is 31.1 Å². The average Bonchev–Trinajstić information content (AvgIpc) is 3.68. The monoisotopic (exact) mass is 545 g/mol. The number of carbonyl (C=O) groups excluding carboxylic acids is 5. The number of ether oxygens (including phenoxy) is 2. The Labute approximate surface area is 223 Å². The van der Waals surface area contributed by atoms with Gasteiger partial charge in [-0.15, -0.1) is 0 Å². The minimum Gasteiger partial charge on any atom is -0.445 e. The number of rotatable bonds is 8. The zero-order valence-corrected chi connectivity index (χ0v) is 21.7. The smallest absolute Gasteiger partial charge is 0.408 e. The lowest BCUT2D eigenvalue weighted by atomic mass is 10.1. The van der Waals surface area contributed by atoms with E-state index in [0.717, 1.165) is 12.6 Å². The molecular formula is C25H28ClN5O7. The Balaban J connectivity index is 1.53. The number of imide groups is 1. The average molecular weight is 546 g/mol. The number of benzene rings is 2. The molecule has 4 atom stereocenters. The van der Waals surface area contributed by atoms with Crippen LogP contribution >= 0.6 is 11.6 Å². The second kappa shape index (κ2) is 12.4. The first kappa shape index (κ1) is 28.4. The van der Waals surface area contributed by atoms with Crippen LogP contribution in [0, 0.1) is 0 Å². The molecule has 0 aliphatic carbocycles. The van der Waals surface area contributed by atoms with Crippen LogP contribution < -0.4 is 16.4 Å². The van der Waals surface area contributed by atoms with Gasteiger partial charge < -0.3 is 25.8 Å². The number of nitrogens with two attached hydrogens (primary N) is 1. The van der Waals surface area contributed by atoms with Crippen LogP contribution in [0.15, 0.2) is 54.6 Å². The van der Waals surface area contributed by atoms with E-state index in [1.165, 1.54) is 13.8 Å². The van der Waals surface area contributed by atoms with Crippen LogP contribution in [-0.4, -0.2) is 65.1 Å². The Morgan fingerprint density at radius 2 is 1.63 bits per heavy atom. The number of hydrazine groups is 1. The summed E-state index contributed by atoms with van der Waals surface area (Å²) in [7, 11) is 1.16. The summed E-state index contributed by atoms with van der Waals surface area (Å²) < 4.78 is 10.5. The van der Waals surface area contributed by atoms with E-state index >= 15 is 0 Å². The van der Waals surface area contributed by atoms with E-state index in [1.54, 1.807) is 48.5 Å². The van der Waals surface area contributed by atoms with Crippen LogP contribution in [0.2, 0.25) is 5.02 Å². The number of likely N-dealkylation sites (N-methyl/N-ethyl adjacent to an activating group) is 1. The Bertz CT molecular complexity index is 1190. The molecule has 202 valence electrons. The van der Waals surface area contributed by atoms with Crippen molar-refractivity contribution in [3.63, 3.8) is 0 Å². The van der Waals surface area contributed by atoms with Gasteiger partial charge in [-0.05, 0) is 37.1 Å². The number of carbonyl (C=O) groups is 5. The lowest BCUT2D eigenvalue weighted by Crippen LogP contribution is -2.59. The number of primary amides is 1. The van der Waals surface area contributed by atoms with E-state index in [2.05, 4.69) is 10.6 Å². The van der Waals surface area contributed by atoms with E-state index in [4.69, 9.17) is 26.8 Å². The largest absolute Gasteiger partial charge is 0.445 e. The Hall–Kier alpha value is -4.16. The summed E-state index contributed by atoms with van der Waals surface area (Å²) in [6, 6.07) is 12.2. The Kier molecular flexibility index (Phi) is 9.26. The zero-order chi connectivity index (χ0) is 28.0. The molecule has 13 heteroatoms. The van der Waals surface area contributed by atoms with Crippen molar-refractivity contribution in [2.24, 2.45) is 5.73 Å². The Morgan fingerprint density at radius 1 is 1.00 bits per heavy atom. The van der Waals surface area contributed by atoms with Gasteiger partial charge in [-0.25, -0.2) is 14.6 Å². The summed E-state index contributed by atoms with van der Waals surface area (Å²) in [4.78, 5) is 62.4. The lowest BCUT2D eigenvalue weighted by molar-refractivity contribution is -0.156. The number of nitrogens with one attached hydrogen (secondary N) is 2. The molecule has 3 rings (SSSR count). The van der Waals surface area contributed by atoms with Crippen molar-refractivity contribution in [3.8, 4) is 0 Å². The van der Waals surface area contributed by atoms with Gasteiger partial charge in [-0.3, -0.25) is 14.4 Å². The summed E-state index contributed by atoms with van der Waals surface area (Å²) in [6.45, 7) is 2.77. The molecule has 4 N–H and O–H groups in total. The zero-order valence-electron chi connectivity index (χ0n) is 20.9. The quantitative estimate of drug-likeness (QED) is 0.336. The SMILES string of the molecule is C[C@H](NC(=O)OCc1ccccc1)C(=O)N[C@@H](C)C(=O)N(C)N(C(N)=O)C(=O)[C@H]1O[C@@H]1c1ccc(Cl)cc1. The maximum Gasteiger partial charge on any atom is 0.408 e. The third-order valence-corrected chi connectivity index (χ3v) is 5.89. The fraction of sp³-hybridized carbons (Fsp3) is 0.320. The van der Waals surface area contributed by atoms with Crippen LogP contribution in [0.4, 0.5) is 9.59 Å². The highest BCUT2D eigenvalue weighted by Gasteiger charge is 2.50. The minimum atomic E-state index is -1.20. The van der Waals surface area contributed by atoms with Crippen molar-refractivity contribution < 1.29 is 33.4 Å². The van der Waals surface area contributed by atoms with Crippen molar-refractivity contribution in [3.05, 3.63) is 70.7 Å². The molecule has 38 heavy (non-hydrogen) atoms. The third-order valence-electron chi connectivity index (χ3n) is 5.64. The van der Waals surface area contributed by atoms with Crippen molar-refractivity contribution in [1.29, 1.82) is 0 Å².